The normalized spacial score (nSPS) is 13.1. The maximum Gasteiger partial charge on any atom is 0.261 e. The van der Waals surface area contributed by atoms with Gasteiger partial charge >= 0.3 is 0 Å². The highest BCUT2D eigenvalue weighted by molar-refractivity contribution is 7.12. The van der Waals surface area contributed by atoms with Crippen molar-refractivity contribution in [1.82, 2.24) is 10.6 Å². The summed E-state index contributed by atoms with van der Waals surface area (Å²) in [6.07, 6.45) is 2.90. The van der Waals surface area contributed by atoms with Gasteiger partial charge in [0.25, 0.3) is 11.8 Å². The average molecular weight is 385 g/mol. The number of anilines is 1. The summed E-state index contributed by atoms with van der Waals surface area (Å²) in [6, 6.07) is 9.20. The maximum absolute atomic E-state index is 12.2. The van der Waals surface area contributed by atoms with Crippen molar-refractivity contribution in [1.29, 1.82) is 0 Å². The van der Waals surface area contributed by atoms with E-state index < -0.39 is 0 Å². The Morgan fingerprint density at radius 3 is 2.67 bits per heavy atom. The SMILES string of the molecule is Cc1ccc(C(=O)NC2CC2)cc1NC(=O)CCCNC(=O)c1cccs1. The quantitative estimate of drug-likeness (QED) is 0.610. The third kappa shape index (κ3) is 5.65. The highest BCUT2D eigenvalue weighted by Crippen LogP contribution is 2.21. The number of aryl methyl sites for hydroxylation is 1. The van der Waals surface area contributed by atoms with Gasteiger partial charge in [0.15, 0.2) is 0 Å². The van der Waals surface area contributed by atoms with Crippen LogP contribution in [0.25, 0.3) is 0 Å². The lowest BCUT2D eigenvalue weighted by Crippen LogP contribution is -2.26. The monoisotopic (exact) mass is 385 g/mol. The summed E-state index contributed by atoms with van der Waals surface area (Å²) in [6.45, 7) is 2.33. The minimum atomic E-state index is -0.136. The smallest absolute Gasteiger partial charge is 0.261 e. The van der Waals surface area contributed by atoms with Crippen molar-refractivity contribution in [2.24, 2.45) is 0 Å². The topological polar surface area (TPSA) is 87.3 Å². The first-order valence-electron chi connectivity index (χ1n) is 9.06. The predicted octanol–water partition coefficient (Wildman–Crippen LogP) is 3.10. The molecule has 3 amide bonds. The summed E-state index contributed by atoms with van der Waals surface area (Å²) in [7, 11) is 0. The number of thiophene rings is 1. The zero-order valence-electron chi connectivity index (χ0n) is 15.2. The minimum Gasteiger partial charge on any atom is -0.351 e. The number of amides is 3. The summed E-state index contributed by atoms with van der Waals surface area (Å²) in [4.78, 5) is 36.8. The molecular weight excluding hydrogens is 362 g/mol. The largest absolute Gasteiger partial charge is 0.351 e. The van der Waals surface area contributed by atoms with Crippen molar-refractivity contribution in [3.8, 4) is 0 Å². The van der Waals surface area contributed by atoms with Crippen molar-refractivity contribution in [3.63, 3.8) is 0 Å². The Kier molecular flexibility index (Phi) is 6.24. The highest BCUT2D eigenvalue weighted by Gasteiger charge is 2.24. The van der Waals surface area contributed by atoms with Crippen LogP contribution in [0.5, 0.6) is 0 Å². The van der Waals surface area contributed by atoms with Crippen LogP contribution in [0.4, 0.5) is 5.69 Å². The van der Waals surface area contributed by atoms with Gasteiger partial charge in [0, 0.05) is 30.3 Å². The van der Waals surface area contributed by atoms with Crippen molar-refractivity contribution in [3.05, 3.63) is 51.7 Å². The first kappa shape index (κ1) is 19.1. The lowest BCUT2D eigenvalue weighted by atomic mass is 10.1. The molecule has 27 heavy (non-hydrogen) atoms. The fourth-order valence-corrected chi connectivity index (χ4v) is 3.19. The second-order valence-electron chi connectivity index (χ2n) is 6.66. The van der Waals surface area contributed by atoms with E-state index in [1.165, 1.54) is 11.3 Å². The van der Waals surface area contributed by atoms with Crippen LogP contribution in [0.1, 0.15) is 51.3 Å². The highest BCUT2D eigenvalue weighted by atomic mass is 32.1. The zero-order valence-corrected chi connectivity index (χ0v) is 16.0. The summed E-state index contributed by atoms with van der Waals surface area (Å²) in [5.74, 6) is -0.358. The van der Waals surface area contributed by atoms with Gasteiger partial charge in [-0.05, 0) is 55.3 Å². The number of hydrogen-bond acceptors (Lipinski definition) is 4. The molecule has 1 heterocycles. The second kappa shape index (κ2) is 8.81. The predicted molar refractivity (Wildman–Crippen MR) is 106 cm³/mol. The van der Waals surface area contributed by atoms with Crippen LogP contribution in [-0.2, 0) is 4.79 Å². The van der Waals surface area contributed by atoms with E-state index in [4.69, 9.17) is 0 Å². The molecular formula is C20H23N3O3S. The Morgan fingerprint density at radius 2 is 1.96 bits per heavy atom. The minimum absolute atomic E-state index is 0.107. The Hall–Kier alpha value is -2.67. The molecule has 7 heteroatoms. The molecule has 0 bridgehead atoms. The molecule has 0 aliphatic heterocycles. The van der Waals surface area contributed by atoms with E-state index in [1.807, 2.05) is 24.4 Å². The number of nitrogens with one attached hydrogen (secondary N) is 3. The van der Waals surface area contributed by atoms with Crippen LogP contribution in [0, 0.1) is 6.92 Å². The third-order valence-corrected chi connectivity index (χ3v) is 5.17. The van der Waals surface area contributed by atoms with Gasteiger partial charge in [-0.15, -0.1) is 11.3 Å². The molecule has 1 aliphatic carbocycles. The molecule has 142 valence electrons. The molecule has 0 atom stereocenters. The number of benzene rings is 1. The van der Waals surface area contributed by atoms with Gasteiger partial charge in [-0.2, -0.15) is 0 Å². The molecule has 0 unspecified atom stereocenters. The van der Waals surface area contributed by atoms with Gasteiger partial charge < -0.3 is 16.0 Å². The first-order chi connectivity index (χ1) is 13.0. The third-order valence-electron chi connectivity index (χ3n) is 4.30. The molecule has 1 saturated carbocycles. The van der Waals surface area contributed by atoms with Crippen molar-refractivity contribution in [2.45, 2.75) is 38.6 Å². The number of carbonyl (C=O) groups excluding carboxylic acids is 3. The van der Waals surface area contributed by atoms with E-state index in [2.05, 4.69) is 16.0 Å². The van der Waals surface area contributed by atoms with E-state index >= 15 is 0 Å². The molecule has 2 aromatic rings. The van der Waals surface area contributed by atoms with Gasteiger partial charge in [0.1, 0.15) is 0 Å². The molecule has 6 nitrogen and oxygen atoms in total. The molecule has 0 spiro atoms. The standard InChI is InChI=1S/C20H23N3O3S/c1-13-6-7-14(19(25)22-15-8-9-15)12-16(13)23-18(24)5-2-10-21-20(26)17-4-3-11-27-17/h3-4,6-7,11-12,15H,2,5,8-10H2,1H3,(H,21,26)(H,22,25)(H,23,24). The van der Waals surface area contributed by atoms with Gasteiger partial charge in [0.2, 0.25) is 5.91 Å². The summed E-state index contributed by atoms with van der Waals surface area (Å²) in [5, 5.41) is 10.5. The summed E-state index contributed by atoms with van der Waals surface area (Å²) in [5.41, 5.74) is 2.09. The summed E-state index contributed by atoms with van der Waals surface area (Å²) >= 11 is 1.39. The molecule has 3 N–H and O–H groups in total. The van der Waals surface area contributed by atoms with Gasteiger partial charge in [0.05, 0.1) is 4.88 Å². The second-order valence-corrected chi connectivity index (χ2v) is 7.61. The van der Waals surface area contributed by atoms with E-state index in [0.29, 0.717) is 41.6 Å². The van der Waals surface area contributed by atoms with Gasteiger partial charge in [-0.3, -0.25) is 14.4 Å². The molecule has 0 saturated heterocycles. The van der Waals surface area contributed by atoms with Crippen LogP contribution in [0.15, 0.2) is 35.7 Å². The fraction of sp³-hybridized carbons (Fsp3) is 0.350. The zero-order chi connectivity index (χ0) is 19.2. The van der Waals surface area contributed by atoms with Crippen LogP contribution < -0.4 is 16.0 Å². The number of hydrogen-bond donors (Lipinski definition) is 3. The lowest BCUT2D eigenvalue weighted by Gasteiger charge is -2.11. The average Bonchev–Trinajstić information content (AvgIpc) is 3.28. The van der Waals surface area contributed by atoms with Gasteiger partial charge in [-0.25, -0.2) is 0 Å². The van der Waals surface area contributed by atoms with Crippen LogP contribution >= 0.6 is 11.3 Å². The van der Waals surface area contributed by atoms with E-state index in [0.717, 1.165) is 18.4 Å². The fourth-order valence-electron chi connectivity index (χ4n) is 2.55. The van der Waals surface area contributed by atoms with Crippen LogP contribution in [0.3, 0.4) is 0 Å². The van der Waals surface area contributed by atoms with Crippen LogP contribution in [-0.4, -0.2) is 30.3 Å². The van der Waals surface area contributed by atoms with E-state index in [1.54, 1.807) is 18.2 Å². The number of rotatable bonds is 8. The Morgan fingerprint density at radius 1 is 1.15 bits per heavy atom. The van der Waals surface area contributed by atoms with Crippen molar-refractivity contribution >= 4 is 34.7 Å². The van der Waals surface area contributed by atoms with Crippen LogP contribution in [0.2, 0.25) is 0 Å². The molecule has 3 rings (SSSR count). The Bertz CT molecular complexity index is 829. The maximum atomic E-state index is 12.2. The van der Waals surface area contributed by atoms with Gasteiger partial charge in [-0.1, -0.05) is 12.1 Å². The molecule has 1 fully saturated rings. The Labute approximate surface area is 162 Å². The summed E-state index contributed by atoms with van der Waals surface area (Å²) < 4.78 is 0. The Balaban J connectivity index is 1.45. The molecule has 0 radical (unpaired) electrons. The van der Waals surface area contributed by atoms with Crippen molar-refractivity contribution < 1.29 is 14.4 Å². The van der Waals surface area contributed by atoms with Crippen molar-refractivity contribution in [2.75, 3.05) is 11.9 Å². The first-order valence-corrected chi connectivity index (χ1v) is 9.94. The molecule has 1 aromatic carbocycles. The number of carbonyl (C=O) groups is 3. The van der Waals surface area contributed by atoms with E-state index in [-0.39, 0.29) is 17.7 Å². The lowest BCUT2D eigenvalue weighted by molar-refractivity contribution is -0.116. The molecule has 1 aliphatic rings. The van der Waals surface area contributed by atoms with E-state index in [9.17, 15) is 14.4 Å². The molecule has 1 aromatic heterocycles.